The molecule has 0 radical (unpaired) electrons. The van der Waals surface area contributed by atoms with Gasteiger partial charge in [-0.05, 0) is 75.9 Å². The quantitative estimate of drug-likeness (QED) is 0.442. The van der Waals surface area contributed by atoms with Crippen molar-refractivity contribution in [1.29, 1.82) is 0 Å². The number of rotatable bonds is 11. The highest BCUT2D eigenvalue weighted by Gasteiger charge is 2.31. The summed E-state index contributed by atoms with van der Waals surface area (Å²) in [5.74, 6) is -0.399. The van der Waals surface area contributed by atoms with Crippen LogP contribution in [-0.2, 0) is 26.2 Å². The summed E-state index contributed by atoms with van der Waals surface area (Å²) in [6.07, 6.45) is 2.00. The summed E-state index contributed by atoms with van der Waals surface area (Å²) in [6.45, 7) is 10.0. The molecule has 9 heteroatoms. The first-order chi connectivity index (χ1) is 16.7. The molecule has 7 nitrogen and oxygen atoms in total. The van der Waals surface area contributed by atoms with E-state index >= 15 is 0 Å². The Balaban J connectivity index is 2.24. The van der Waals surface area contributed by atoms with Crippen LogP contribution < -0.4 is 9.62 Å². The number of carbonyl (C=O) groups excluding carboxylic acids is 2. The highest BCUT2D eigenvalue weighted by Crippen LogP contribution is 2.22. The first-order valence-corrected chi connectivity index (χ1v) is 14.3. The first-order valence-electron chi connectivity index (χ1n) is 12.1. The smallest absolute Gasteiger partial charge is 0.243 e. The maximum Gasteiger partial charge on any atom is 0.243 e. The number of carbonyl (C=O) groups is 2. The second-order valence-electron chi connectivity index (χ2n) is 10.0. The molecule has 0 fully saturated rings. The Hall–Kier alpha value is -2.58. The third-order valence-electron chi connectivity index (χ3n) is 5.75. The minimum absolute atomic E-state index is 0.102. The molecule has 2 amide bonds. The zero-order valence-electron chi connectivity index (χ0n) is 22.0. The van der Waals surface area contributed by atoms with Crippen LogP contribution in [0.5, 0.6) is 0 Å². The van der Waals surface area contributed by atoms with Gasteiger partial charge in [0, 0.05) is 30.1 Å². The molecule has 36 heavy (non-hydrogen) atoms. The lowest BCUT2D eigenvalue weighted by Crippen LogP contribution is -2.53. The Bertz CT molecular complexity index is 1140. The van der Waals surface area contributed by atoms with E-state index in [-0.39, 0.29) is 24.8 Å². The summed E-state index contributed by atoms with van der Waals surface area (Å²) in [5.41, 5.74) is 2.05. The van der Waals surface area contributed by atoms with Gasteiger partial charge in [-0.1, -0.05) is 42.8 Å². The number of nitrogens with one attached hydrogen (secondary N) is 1. The molecule has 0 unspecified atom stereocenters. The molecular formula is C27H38ClN3O4S. The van der Waals surface area contributed by atoms with Crippen LogP contribution in [0.1, 0.15) is 58.1 Å². The standard InChI is InChI=1S/C27H38ClN3O4S/c1-7-24(26(33)29-27(3,4)5)30(19-21-12-9-8-11-20(21)2)25(32)13-10-18-31(36(6,34)35)23-16-14-22(28)15-17-23/h8-9,11-12,14-17,24H,7,10,13,18-19H2,1-6H3,(H,29,33)/t24-/m0/s1. The zero-order chi connectivity index (χ0) is 27.1. The van der Waals surface area contributed by atoms with Gasteiger partial charge in [0.15, 0.2) is 0 Å². The monoisotopic (exact) mass is 535 g/mol. The Morgan fingerprint density at radius 1 is 1.06 bits per heavy atom. The normalized spacial score (nSPS) is 12.6. The van der Waals surface area contributed by atoms with E-state index in [2.05, 4.69) is 5.32 Å². The van der Waals surface area contributed by atoms with Gasteiger partial charge >= 0.3 is 0 Å². The Kier molecular flexibility index (Phi) is 10.4. The highest BCUT2D eigenvalue weighted by molar-refractivity contribution is 7.92. The molecule has 0 spiro atoms. The number of anilines is 1. The van der Waals surface area contributed by atoms with Gasteiger partial charge in [-0.3, -0.25) is 13.9 Å². The molecule has 2 rings (SSSR count). The summed E-state index contributed by atoms with van der Waals surface area (Å²) >= 11 is 5.95. The third-order valence-corrected chi connectivity index (χ3v) is 7.20. The number of hydrogen-bond donors (Lipinski definition) is 1. The average molecular weight is 536 g/mol. The van der Waals surface area contributed by atoms with Crippen molar-refractivity contribution in [2.45, 2.75) is 72.0 Å². The van der Waals surface area contributed by atoms with Crippen LogP contribution in [-0.4, -0.2) is 49.5 Å². The fourth-order valence-electron chi connectivity index (χ4n) is 3.95. The minimum atomic E-state index is -3.56. The molecule has 0 aromatic heterocycles. The lowest BCUT2D eigenvalue weighted by atomic mass is 10.0. The van der Waals surface area contributed by atoms with E-state index in [0.29, 0.717) is 30.1 Å². The highest BCUT2D eigenvalue weighted by atomic mass is 35.5. The van der Waals surface area contributed by atoms with Gasteiger partial charge in [0.1, 0.15) is 6.04 Å². The lowest BCUT2D eigenvalue weighted by Gasteiger charge is -2.33. The van der Waals surface area contributed by atoms with Crippen molar-refractivity contribution in [1.82, 2.24) is 10.2 Å². The van der Waals surface area contributed by atoms with Gasteiger partial charge in [0.25, 0.3) is 0 Å². The van der Waals surface area contributed by atoms with E-state index in [0.717, 1.165) is 17.4 Å². The molecule has 1 atom stereocenters. The number of aryl methyl sites for hydroxylation is 1. The topological polar surface area (TPSA) is 86.8 Å². The number of halogens is 1. The number of amides is 2. The molecule has 0 bridgehead atoms. The average Bonchev–Trinajstić information content (AvgIpc) is 2.76. The number of nitrogens with zero attached hydrogens (tertiary/aromatic N) is 2. The first kappa shape index (κ1) is 29.6. The Morgan fingerprint density at radius 3 is 2.19 bits per heavy atom. The second kappa shape index (κ2) is 12.6. The molecule has 0 aliphatic rings. The van der Waals surface area contributed by atoms with Gasteiger partial charge in [0.2, 0.25) is 21.8 Å². The van der Waals surface area contributed by atoms with Crippen molar-refractivity contribution in [3.8, 4) is 0 Å². The molecule has 0 heterocycles. The van der Waals surface area contributed by atoms with Gasteiger partial charge in [-0.2, -0.15) is 0 Å². The van der Waals surface area contributed by atoms with Gasteiger partial charge in [-0.25, -0.2) is 8.42 Å². The zero-order valence-corrected chi connectivity index (χ0v) is 23.6. The third kappa shape index (κ3) is 8.82. The fraction of sp³-hybridized carbons (Fsp3) is 0.481. The molecule has 2 aromatic rings. The van der Waals surface area contributed by atoms with Crippen LogP contribution in [0.2, 0.25) is 5.02 Å². The summed E-state index contributed by atoms with van der Waals surface area (Å²) in [6, 6.07) is 13.7. The largest absolute Gasteiger partial charge is 0.350 e. The number of benzene rings is 2. The van der Waals surface area contributed by atoms with Gasteiger partial charge < -0.3 is 10.2 Å². The summed E-state index contributed by atoms with van der Waals surface area (Å²) in [4.78, 5) is 28.3. The van der Waals surface area contributed by atoms with Crippen molar-refractivity contribution in [2.75, 3.05) is 17.1 Å². The molecule has 0 aliphatic carbocycles. The molecule has 0 aliphatic heterocycles. The maximum atomic E-state index is 13.5. The SMILES string of the molecule is CC[C@@H](C(=O)NC(C)(C)C)N(Cc1ccccc1C)C(=O)CCCN(c1ccc(Cl)cc1)S(C)(=O)=O. The van der Waals surface area contributed by atoms with Crippen molar-refractivity contribution >= 4 is 39.1 Å². The van der Waals surface area contributed by atoms with Crippen LogP contribution in [0.3, 0.4) is 0 Å². The molecule has 198 valence electrons. The fourth-order valence-corrected chi connectivity index (χ4v) is 5.05. The van der Waals surface area contributed by atoms with E-state index in [1.165, 1.54) is 4.31 Å². The predicted molar refractivity (Wildman–Crippen MR) is 147 cm³/mol. The van der Waals surface area contributed by atoms with Crippen LogP contribution in [0.25, 0.3) is 0 Å². The number of sulfonamides is 1. The van der Waals surface area contributed by atoms with Crippen LogP contribution in [0, 0.1) is 6.92 Å². The molecule has 2 aromatic carbocycles. The van der Waals surface area contributed by atoms with E-state index < -0.39 is 21.6 Å². The van der Waals surface area contributed by atoms with E-state index in [1.807, 2.05) is 58.9 Å². The van der Waals surface area contributed by atoms with E-state index in [1.54, 1.807) is 29.2 Å². The summed E-state index contributed by atoms with van der Waals surface area (Å²) in [5, 5.41) is 3.50. The van der Waals surface area contributed by atoms with Crippen molar-refractivity contribution in [3.05, 3.63) is 64.7 Å². The summed E-state index contributed by atoms with van der Waals surface area (Å²) < 4.78 is 26.1. The predicted octanol–water partition coefficient (Wildman–Crippen LogP) is 4.92. The Morgan fingerprint density at radius 2 is 1.67 bits per heavy atom. The Labute approximate surface area is 220 Å². The van der Waals surface area contributed by atoms with Crippen LogP contribution in [0.15, 0.2) is 48.5 Å². The minimum Gasteiger partial charge on any atom is -0.350 e. The second-order valence-corrected chi connectivity index (χ2v) is 12.4. The van der Waals surface area contributed by atoms with E-state index in [9.17, 15) is 18.0 Å². The van der Waals surface area contributed by atoms with Crippen LogP contribution >= 0.6 is 11.6 Å². The molecule has 0 saturated heterocycles. The molecule has 0 saturated carbocycles. The number of hydrogen-bond acceptors (Lipinski definition) is 4. The molecule has 1 N–H and O–H groups in total. The van der Waals surface area contributed by atoms with Crippen molar-refractivity contribution < 1.29 is 18.0 Å². The van der Waals surface area contributed by atoms with Crippen LogP contribution in [0.4, 0.5) is 5.69 Å². The molecular weight excluding hydrogens is 498 g/mol. The maximum absolute atomic E-state index is 13.5. The van der Waals surface area contributed by atoms with Crippen molar-refractivity contribution in [2.24, 2.45) is 0 Å². The van der Waals surface area contributed by atoms with Gasteiger partial charge in [0.05, 0.1) is 11.9 Å². The lowest BCUT2D eigenvalue weighted by molar-refractivity contribution is -0.142. The van der Waals surface area contributed by atoms with Crippen molar-refractivity contribution in [3.63, 3.8) is 0 Å². The van der Waals surface area contributed by atoms with Gasteiger partial charge in [-0.15, -0.1) is 0 Å². The van der Waals surface area contributed by atoms with E-state index in [4.69, 9.17) is 11.6 Å². The summed E-state index contributed by atoms with van der Waals surface area (Å²) in [7, 11) is -3.56.